The lowest BCUT2D eigenvalue weighted by atomic mass is 10.1. The van der Waals surface area contributed by atoms with Gasteiger partial charge in [0, 0.05) is 23.7 Å². The van der Waals surface area contributed by atoms with Gasteiger partial charge >= 0.3 is 0 Å². The van der Waals surface area contributed by atoms with E-state index < -0.39 is 0 Å². The number of carbonyl (C=O) groups is 2. The van der Waals surface area contributed by atoms with Crippen LogP contribution in [0.5, 0.6) is 0 Å². The zero-order chi connectivity index (χ0) is 15.2. The molecule has 2 N–H and O–H groups in total. The lowest BCUT2D eigenvalue weighted by Gasteiger charge is -2.10. The Labute approximate surface area is 125 Å². The van der Waals surface area contributed by atoms with Crippen LogP contribution in [0.2, 0.25) is 0 Å². The molecule has 2 amide bonds. The molecular weight excluding hydrogens is 264 g/mol. The molecule has 0 spiro atoms. The molecule has 4 heteroatoms. The van der Waals surface area contributed by atoms with Crippen molar-refractivity contribution in [1.29, 1.82) is 0 Å². The van der Waals surface area contributed by atoms with Crippen molar-refractivity contribution in [1.82, 2.24) is 0 Å². The molecule has 1 aliphatic rings. The van der Waals surface area contributed by atoms with E-state index in [4.69, 9.17) is 0 Å². The first-order chi connectivity index (χ1) is 10.0. The van der Waals surface area contributed by atoms with Crippen LogP contribution in [0.25, 0.3) is 0 Å². The molecule has 0 unspecified atom stereocenters. The monoisotopic (exact) mass is 286 g/mol. The molecular formula is C17H22N2O2. The summed E-state index contributed by atoms with van der Waals surface area (Å²) in [4.78, 5) is 23.5. The Bertz CT molecular complexity index is 532. The number of benzene rings is 1. The summed E-state index contributed by atoms with van der Waals surface area (Å²) >= 11 is 0. The maximum absolute atomic E-state index is 11.9. The van der Waals surface area contributed by atoms with Gasteiger partial charge in [0.05, 0.1) is 0 Å². The standard InChI is InChI=1S/C17H22N2O2/c1-12(2)17(21)19-15-9-7-14(8-10-15)18-16(20)11-13-5-3-4-6-13/h3,5,7-10,12-13H,4,6,11H2,1-2H3,(H,18,20)(H,19,21)/t13-/m1/s1. The van der Waals surface area contributed by atoms with Gasteiger partial charge in [-0.2, -0.15) is 0 Å². The van der Waals surface area contributed by atoms with Gasteiger partial charge in [-0.3, -0.25) is 9.59 Å². The molecule has 0 radical (unpaired) electrons. The number of hydrogen-bond donors (Lipinski definition) is 2. The van der Waals surface area contributed by atoms with Crippen LogP contribution >= 0.6 is 0 Å². The van der Waals surface area contributed by atoms with Gasteiger partial charge in [-0.15, -0.1) is 0 Å². The summed E-state index contributed by atoms with van der Waals surface area (Å²) in [5.74, 6) is 0.337. The quantitative estimate of drug-likeness (QED) is 0.813. The van der Waals surface area contributed by atoms with Crippen LogP contribution in [0.15, 0.2) is 36.4 Å². The second-order valence-corrected chi connectivity index (χ2v) is 5.74. The highest BCUT2D eigenvalue weighted by Crippen LogP contribution is 2.21. The summed E-state index contributed by atoms with van der Waals surface area (Å²) in [6, 6.07) is 7.20. The third-order valence-corrected chi connectivity index (χ3v) is 3.52. The van der Waals surface area contributed by atoms with E-state index in [1.165, 1.54) is 0 Å². The molecule has 4 nitrogen and oxygen atoms in total. The largest absolute Gasteiger partial charge is 0.326 e. The topological polar surface area (TPSA) is 58.2 Å². The SMILES string of the molecule is CC(C)C(=O)Nc1ccc(NC(=O)C[C@@H]2C=CCC2)cc1. The van der Waals surface area contributed by atoms with Gasteiger partial charge < -0.3 is 10.6 Å². The Balaban J connectivity index is 1.85. The van der Waals surface area contributed by atoms with Crippen LogP contribution in [0.4, 0.5) is 11.4 Å². The van der Waals surface area contributed by atoms with Gasteiger partial charge in [0.25, 0.3) is 0 Å². The van der Waals surface area contributed by atoms with Crippen molar-refractivity contribution in [2.24, 2.45) is 11.8 Å². The Morgan fingerprint density at radius 3 is 2.29 bits per heavy atom. The third-order valence-electron chi connectivity index (χ3n) is 3.52. The van der Waals surface area contributed by atoms with Gasteiger partial charge in [0.15, 0.2) is 0 Å². The molecule has 0 saturated carbocycles. The zero-order valence-corrected chi connectivity index (χ0v) is 12.6. The molecule has 1 aromatic rings. The van der Waals surface area contributed by atoms with Gasteiger partial charge in [-0.05, 0) is 43.0 Å². The number of anilines is 2. The van der Waals surface area contributed by atoms with Gasteiger partial charge in [0.2, 0.25) is 11.8 Å². The van der Waals surface area contributed by atoms with E-state index in [2.05, 4.69) is 22.8 Å². The first-order valence-corrected chi connectivity index (χ1v) is 7.42. The maximum atomic E-state index is 11.9. The number of hydrogen-bond acceptors (Lipinski definition) is 2. The smallest absolute Gasteiger partial charge is 0.226 e. The van der Waals surface area contributed by atoms with Crippen molar-refractivity contribution in [2.75, 3.05) is 10.6 Å². The van der Waals surface area contributed by atoms with E-state index in [0.29, 0.717) is 12.3 Å². The van der Waals surface area contributed by atoms with Crippen molar-refractivity contribution < 1.29 is 9.59 Å². The van der Waals surface area contributed by atoms with Crippen molar-refractivity contribution >= 4 is 23.2 Å². The minimum absolute atomic E-state index is 0.0141. The van der Waals surface area contributed by atoms with Gasteiger partial charge in [-0.25, -0.2) is 0 Å². The molecule has 1 aliphatic carbocycles. The molecule has 0 aliphatic heterocycles. The molecule has 1 aromatic carbocycles. The average Bonchev–Trinajstić information content (AvgIpc) is 2.93. The highest BCUT2D eigenvalue weighted by Gasteiger charge is 2.14. The Morgan fingerprint density at radius 1 is 1.14 bits per heavy atom. The lowest BCUT2D eigenvalue weighted by molar-refractivity contribution is -0.119. The predicted octanol–water partition coefficient (Wildman–Crippen LogP) is 3.58. The van der Waals surface area contributed by atoms with E-state index in [0.717, 1.165) is 24.2 Å². The van der Waals surface area contributed by atoms with E-state index in [1.54, 1.807) is 24.3 Å². The fraction of sp³-hybridized carbons (Fsp3) is 0.412. The minimum Gasteiger partial charge on any atom is -0.326 e. The fourth-order valence-corrected chi connectivity index (χ4v) is 2.24. The van der Waals surface area contributed by atoms with Crippen molar-refractivity contribution in [3.8, 4) is 0 Å². The van der Waals surface area contributed by atoms with Crippen LogP contribution in [-0.2, 0) is 9.59 Å². The summed E-state index contributed by atoms with van der Waals surface area (Å²) in [6.45, 7) is 3.70. The van der Waals surface area contributed by atoms with Crippen molar-refractivity contribution in [2.45, 2.75) is 33.1 Å². The predicted molar refractivity (Wildman–Crippen MR) is 85.0 cm³/mol. The minimum atomic E-state index is -0.0520. The lowest BCUT2D eigenvalue weighted by Crippen LogP contribution is -2.18. The zero-order valence-electron chi connectivity index (χ0n) is 12.6. The molecule has 21 heavy (non-hydrogen) atoms. The highest BCUT2D eigenvalue weighted by atomic mass is 16.2. The summed E-state index contributed by atoms with van der Waals surface area (Å²) < 4.78 is 0. The average molecular weight is 286 g/mol. The normalized spacial score (nSPS) is 17.0. The first kappa shape index (κ1) is 15.3. The number of amides is 2. The second kappa shape index (κ2) is 7.07. The molecule has 0 heterocycles. The second-order valence-electron chi connectivity index (χ2n) is 5.74. The molecule has 2 rings (SSSR count). The molecule has 0 fully saturated rings. The van der Waals surface area contributed by atoms with Crippen LogP contribution in [0.3, 0.4) is 0 Å². The first-order valence-electron chi connectivity index (χ1n) is 7.42. The van der Waals surface area contributed by atoms with Crippen LogP contribution in [0.1, 0.15) is 33.1 Å². The molecule has 0 aromatic heterocycles. The molecule has 0 saturated heterocycles. The summed E-state index contributed by atoms with van der Waals surface area (Å²) in [6.07, 6.45) is 6.91. The van der Waals surface area contributed by atoms with Gasteiger partial charge in [0.1, 0.15) is 0 Å². The molecule has 1 atom stereocenters. The van der Waals surface area contributed by atoms with Crippen LogP contribution < -0.4 is 10.6 Å². The van der Waals surface area contributed by atoms with Crippen molar-refractivity contribution in [3.05, 3.63) is 36.4 Å². The summed E-state index contributed by atoms with van der Waals surface area (Å²) in [5.41, 5.74) is 1.50. The fourth-order valence-electron chi connectivity index (χ4n) is 2.24. The Morgan fingerprint density at radius 2 is 1.76 bits per heavy atom. The number of allylic oxidation sites excluding steroid dienone is 2. The number of nitrogens with one attached hydrogen (secondary N) is 2. The Kier molecular flexibility index (Phi) is 5.14. The molecule has 0 bridgehead atoms. The van der Waals surface area contributed by atoms with Crippen LogP contribution in [-0.4, -0.2) is 11.8 Å². The number of carbonyl (C=O) groups excluding carboxylic acids is 2. The molecule has 112 valence electrons. The highest BCUT2D eigenvalue weighted by molar-refractivity contribution is 5.93. The van der Waals surface area contributed by atoms with E-state index in [1.807, 2.05) is 13.8 Å². The summed E-state index contributed by atoms with van der Waals surface area (Å²) in [5, 5.41) is 5.71. The van der Waals surface area contributed by atoms with Crippen molar-refractivity contribution in [3.63, 3.8) is 0 Å². The van der Waals surface area contributed by atoms with E-state index in [-0.39, 0.29) is 17.7 Å². The maximum Gasteiger partial charge on any atom is 0.226 e. The summed E-state index contributed by atoms with van der Waals surface area (Å²) in [7, 11) is 0. The third kappa shape index (κ3) is 4.74. The van der Waals surface area contributed by atoms with Crippen LogP contribution in [0, 0.1) is 11.8 Å². The number of rotatable bonds is 5. The van der Waals surface area contributed by atoms with E-state index >= 15 is 0 Å². The Hall–Kier alpha value is -2.10. The van der Waals surface area contributed by atoms with Gasteiger partial charge in [-0.1, -0.05) is 26.0 Å². The van der Waals surface area contributed by atoms with E-state index in [9.17, 15) is 9.59 Å².